The maximum absolute atomic E-state index is 12.1. The molecular weight excluding hydrogens is 296 g/mol. The summed E-state index contributed by atoms with van der Waals surface area (Å²) in [4.78, 5) is 12.1. The minimum Gasteiger partial charge on any atom is -0.467 e. The molecule has 0 unspecified atom stereocenters. The van der Waals surface area contributed by atoms with E-state index in [1.54, 1.807) is 12.3 Å². The maximum atomic E-state index is 12.1. The Labute approximate surface area is 135 Å². The largest absolute Gasteiger partial charge is 0.467 e. The van der Waals surface area contributed by atoms with Crippen molar-refractivity contribution in [2.75, 3.05) is 6.61 Å². The Morgan fingerprint density at radius 3 is 2.96 bits per heavy atom. The third-order valence-corrected chi connectivity index (χ3v) is 4.26. The quantitative estimate of drug-likeness (QED) is 0.903. The molecule has 0 saturated carbocycles. The van der Waals surface area contributed by atoms with Crippen LogP contribution in [0.2, 0.25) is 0 Å². The van der Waals surface area contributed by atoms with Gasteiger partial charge in [0.05, 0.1) is 24.5 Å². The van der Waals surface area contributed by atoms with E-state index in [-0.39, 0.29) is 18.2 Å². The summed E-state index contributed by atoms with van der Waals surface area (Å²) in [6, 6.07) is 3.34. The topological polar surface area (TPSA) is 81.3 Å². The SMILES string of the molecule is Cc1nn(C)c(C)c1[C@H]1OCC[C@@H]1NC(=O)NCc1ccco1. The van der Waals surface area contributed by atoms with Crippen LogP contribution < -0.4 is 10.6 Å². The molecule has 0 radical (unpaired) electrons. The van der Waals surface area contributed by atoms with Crippen molar-refractivity contribution >= 4 is 6.03 Å². The van der Waals surface area contributed by atoms with E-state index in [4.69, 9.17) is 9.15 Å². The number of amides is 2. The van der Waals surface area contributed by atoms with Crippen LogP contribution in [-0.4, -0.2) is 28.5 Å². The summed E-state index contributed by atoms with van der Waals surface area (Å²) >= 11 is 0. The number of hydrogen-bond donors (Lipinski definition) is 2. The molecular formula is C16H22N4O3. The zero-order valence-corrected chi connectivity index (χ0v) is 13.6. The van der Waals surface area contributed by atoms with E-state index in [1.807, 2.05) is 31.6 Å². The molecule has 2 N–H and O–H groups in total. The first-order valence-corrected chi connectivity index (χ1v) is 7.74. The Balaban J connectivity index is 1.63. The van der Waals surface area contributed by atoms with E-state index in [2.05, 4.69) is 15.7 Å². The normalized spacial score (nSPS) is 20.7. The lowest BCUT2D eigenvalue weighted by Crippen LogP contribution is -2.43. The van der Waals surface area contributed by atoms with Crippen molar-refractivity contribution in [1.29, 1.82) is 0 Å². The highest BCUT2D eigenvalue weighted by molar-refractivity contribution is 5.74. The summed E-state index contributed by atoms with van der Waals surface area (Å²) in [6.45, 7) is 4.98. The van der Waals surface area contributed by atoms with Gasteiger partial charge in [0.25, 0.3) is 0 Å². The molecule has 2 aromatic heterocycles. The maximum Gasteiger partial charge on any atom is 0.315 e. The van der Waals surface area contributed by atoms with Gasteiger partial charge in [-0.1, -0.05) is 0 Å². The van der Waals surface area contributed by atoms with Crippen molar-refractivity contribution in [2.24, 2.45) is 7.05 Å². The van der Waals surface area contributed by atoms with E-state index in [1.165, 1.54) is 0 Å². The molecule has 2 aromatic rings. The molecule has 1 fully saturated rings. The molecule has 7 nitrogen and oxygen atoms in total. The van der Waals surface area contributed by atoms with Crippen LogP contribution in [0.3, 0.4) is 0 Å². The van der Waals surface area contributed by atoms with E-state index in [0.717, 1.165) is 29.1 Å². The van der Waals surface area contributed by atoms with Gasteiger partial charge >= 0.3 is 6.03 Å². The number of carbonyl (C=O) groups excluding carboxylic acids is 1. The Bertz CT molecular complexity index is 678. The van der Waals surface area contributed by atoms with Crippen molar-refractivity contribution in [3.05, 3.63) is 41.1 Å². The summed E-state index contributed by atoms with van der Waals surface area (Å²) in [6.07, 6.45) is 2.22. The van der Waals surface area contributed by atoms with Gasteiger partial charge in [-0.3, -0.25) is 4.68 Å². The third kappa shape index (κ3) is 3.24. The van der Waals surface area contributed by atoms with Crippen LogP contribution >= 0.6 is 0 Å². The van der Waals surface area contributed by atoms with Gasteiger partial charge in [0.15, 0.2) is 0 Å². The van der Waals surface area contributed by atoms with E-state index < -0.39 is 0 Å². The predicted molar refractivity (Wildman–Crippen MR) is 83.9 cm³/mol. The minimum atomic E-state index is -0.221. The van der Waals surface area contributed by atoms with Crippen LogP contribution in [-0.2, 0) is 18.3 Å². The van der Waals surface area contributed by atoms with Crippen LogP contribution in [0.15, 0.2) is 22.8 Å². The first-order chi connectivity index (χ1) is 11.1. The molecule has 3 heterocycles. The lowest BCUT2D eigenvalue weighted by molar-refractivity contribution is 0.0988. The number of urea groups is 1. The Morgan fingerprint density at radius 1 is 1.48 bits per heavy atom. The molecule has 1 saturated heterocycles. The summed E-state index contributed by atoms with van der Waals surface area (Å²) in [7, 11) is 1.92. The fourth-order valence-electron chi connectivity index (χ4n) is 3.02. The molecule has 1 aliphatic rings. The number of nitrogens with zero attached hydrogens (tertiary/aromatic N) is 2. The number of ether oxygens (including phenoxy) is 1. The van der Waals surface area contributed by atoms with Crippen molar-refractivity contribution < 1.29 is 13.9 Å². The zero-order chi connectivity index (χ0) is 16.4. The van der Waals surface area contributed by atoms with Gasteiger partial charge in [0, 0.05) is 24.9 Å². The van der Waals surface area contributed by atoms with Gasteiger partial charge in [0.2, 0.25) is 0 Å². The summed E-state index contributed by atoms with van der Waals surface area (Å²) < 4.78 is 12.9. The van der Waals surface area contributed by atoms with Gasteiger partial charge in [0.1, 0.15) is 11.9 Å². The molecule has 2 amide bonds. The van der Waals surface area contributed by atoms with Crippen molar-refractivity contribution in [3.8, 4) is 0 Å². The summed E-state index contributed by atoms with van der Waals surface area (Å²) in [5.74, 6) is 0.721. The molecule has 2 atom stereocenters. The van der Waals surface area contributed by atoms with Crippen molar-refractivity contribution in [3.63, 3.8) is 0 Å². The number of nitrogens with one attached hydrogen (secondary N) is 2. The van der Waals surface area contributed by atoms with Crippen LogP contribution in [0, 0.1) is 13.8 Å². The minimum absolute atomic E-state index is 0.0619. The smallest absolute Gasteiger partial charge is 0.315 e. The molecule has 0 aromatic carbocycles. The highest BCUT2D eigenvalue weighted by Crippen LogP contribution is 2.33. The molecule has 7 heteroatoms. The monoisotopic (exact) mass is 318 g/mol. The highest BCUT2D eigenvalue weighted by Gasteiger charge is 2.34. The van der Waals surface area contributed by atoms with Crippen LogP contribution in [0.1, 0.15) is 35.2 Å². The van der Waals surface area contributed by atoms with Crippen LogP contribution in [0.5, 0.6) is 0 Å². The van der Waals surface area contributed by atoms with Gasteiger partial charge in [-0.05, 0) is 32.4 Å². The number of aromatic nitrogens is 2. The average molecular weight is 318 g/mol. The average Bonchev–Trinajstić information content (AvgIpc) is 3.21. The fraction of sp³-hybridized carbons (Fsp3) is 0.500. The second-order valence-corrected chi connectivity index (χ2v) is 5.80. The second kappa shape index (κ2) is 6.45. The van der Waals surface area contributed by atoms with Gasteiger partial charge < -0.3 is 19.8 Å². The molecule has 0 aliphatic carbocycles. The molecule has 0 spiro atoms. The molecule has 124 valence electrons. The lowest BCUT2D eigenvalue weighted by atomic mass is 10.0. The van der Waals surface area contributed by atoms with Gasteiger partial charge in [-0.15, -0.1) is 0 Å². The predicted octanol–water partition coefficient (Wildman–Crippen LogP) is 1.96. The number of furan rings is 1. The lowest BCUT2D eigenvalue weighted by Gasteiger charge is -2.20. The van der Waals surface area contributed by atoms with E-state index in [9.17, 15) is 4.79 Å². The van der Waals surface area contributed by atoms with E-state index in [0.29, 0.717) is 13.2 Å². The first-order valence-electron chi connectivity index (χ1n) is 7.74. The molecule has 3 rings (SSSR count). The van der Waals surface area contributed by atoms with E-state index >= 15 is 0 Å². The standard InChI is InChI=1S/C16H22N4O3/c1-10-14(11(2)20(3)19-10)15-13(6-8-23-15)18-16(21)17-9-12-5-4-7-22-12/h4-5,7,13,15H,6,8-9H2,1-3H3,(H2,17,18,21)/t13-,15-/m0/s1. The second-order valence-electron chi connectivity index (χ2n) is 5.80. The third-order valence-electron chi connectivity index (χ3n) is 4.26. The van der Waals surface area contributed by atoms with Crippen LogP contribution in [0.4, 0.5) is 4.79 Å². The molecule has 23 heavy (non-hydrogen) atoms. The Morgan fingerprint density at radius 2 is 2.30 bits per heavy atom. The molecule has 1 aliphatic heterocycles. The van der Waals surface area contributed by atoms with Crippen molar-refractivity contribution in [2.45, 2.75) is 39.0 Å². The highest BCUT2D eigenvalue weighted by atomic mass is 16.5. The number of rotatable bonds is 4. The number of hydrogen-bond acceptors (Lipinski definition) is 4. The van der Waals surface area contributed by atoms with Gasteiger partial charge in [-0.25, -0.2) is 4.79 Å². The van der Waals surface area contributed by atoms with Gasteiger partial charge in [-0.2, -0.15) is 5.10 Å². The summed E-state index contributed by atoms with van der Waals surface area (Å²) in [5.41, 5.74) is 3.08. The number of carbonyl (C=O) groups is 1. The Kier molecular flexibility index (Phi) is 4.38. The molecule has 0 bridgehead atoms. The summed E-state index contributed by atoms with van der Waals surface area (Å²) in [5, 5.41) is 10.2. The first kappa shape index (κ1) is 15.6. The zero-order valence-electron chi connectivity index (χ0n) is 13.6. The van der Waals surface area contributed by atoms with Crippen molar-refractivity contribution in [1.82, 2.24) is 20.4 Å². The van der Waals surface area contributed by atoms with Crippen LogP contribution in [0.25, 0.3) is 0 Å². The number of aryl methyl sites for hydroxylation is 2. The fourth-order valence-corrected chi connectivity index (χ4v) is 3.02. The Hall–Kier alpha value is -2.28.